The minimum absolute atomic E-state index is 0.000158. The molecule has 1 atom stereocenters. The second-order valence-corrected chi connectivity index (χ2v) is 9.15. The molecular weight excluding hydrogens is 407 g/mol. The van der Waals surface area contributed by atoms with Crippen molar-refractivity contribution in [1.29, 1.82) is 0 Å². The third-order valence-corrected chi connectivity index (χ3v) is 5.64. The topological polar surface area (TPSA) is 57.2 Å². The highest BCUT2D eigenvalue weighted by Crippen LogP contribution is 2.40. The Morgan fingerprint density at radius 2 is 1.93 bits per heavy atom. The van der Waals surface area contributed by atoms with Crippen LogP contribution in [0, 0.1) is 0 Å². The van der Waals surface area contributed by atoms with Crippen molar-refractivity contribution in [2.24, 2.45) is 0 Å². The molecule has 1 aromatic heterocycles. The van der Waals surface area contributed by atoms with Gasteiger partial charge in [-0.1, -0.05) is 26.8 Å². The van der Waals surface area contributed by atoms with Gasteiger partial charge in [-0.05, 0) is 35.2 Å². The largest absolute Gasteiger partial charge is 0.506 e. The number of nitrogens with one attached hydrogen (secondary N) is 2. The van der Waals surface area contributed by atoms with Gasteiger partial charge in [-0.3, -0.25) is 4.98 Å². The number of hydrogen-bond acceptors (Lipinski definition) is 6. The molecule has 3 rings (SSSR count). The highest BCUT2D eigenvalue weighted by atomic mass is 32.2. The molecule has 1 aliphatic rings. The smallest absolute Gasteiger partial charge is 0.461 e. The number of phenolic OH excluding ortho intramolecular Hbond substituents is 1. The van der Waals surface area contributed by atoms with Crippen LogP contribution in [0.25, 0.3) is 5.70 Å². The molecule has 150 valence electrons. The summed E-state index contributed by atoms with van der Waals surface area (Å²) in [6.07, 6.45) is 1.79. The Balaban J connectivity index is 1.71. The molecule has 0 radical (unpaired) electrons. The van der Waals surface area contributed by atoms with Gasteiger partial charge in [0.2, 0.25) is 0 Å². The number of rotatable bonds is 4. The van der Waals surface area contributed by atoms with Crippen LogP contribution in [0.2, 0.25) is 0 Å². The zero-order valence-corrected chi connectivity index (χ0v) is 17.1. The molecule has 0 bridgehead atoms. The summed E-state index contributed by atoms with van der Waals surface area (Å²) in [5.74, 6) is -0.246. The van der Waals surface area contributed by atoms with Gasteiger partial charge in [0.05, 0.1) is 17.6 Å². The summed E-state index contributed by atoms with van der Waals surface area (Å²) in [5, 5.41) is 15.4. The lowest BCUT2D eigenvalue weighted by molar-refractivity contribution is -0.0323. The minimum atomic E-state index is -4.43. The fourth-order valence-corrected chi connectivity index (χ4v) is 3.95. The third kappa shape index (κ3) is 5.08. The second kappa shape index (κ2) is 7.79. The van der Waals surface area contributed by atoms with E-state index < -0.39 is 17.5 Å². The third-order valence-electron chi connectivity index (χ3n) is 4.05. The summed E-state index contributed by atoms with van der Waals surface area (Å²) in [5.41, 5.74) is -0.900. The van der Waals surface area contributed by atoms with Crippen molar-refractivity contribution in [3.05, 3.63) is 58.8 Å². The molecule has 0 spiro atoms. The molecule has 9 heteroatoms. The van der Waals surface area contributed by atoms with Crippen LogP contribution in [0.4, 0.5) is 18.9 Å². The van der Waals surface area contributed by atoms with Gasteiger partial charge >= 0.3 is 5.51 Å². The highest BCUT2D eigenvalue weighted by molar-refractivity contribution is 8.02. The number of benzene rings is 1. The van der Waals surface area contributed by atoms with E-state index in [2.05, 4.69) is 41.9 Å². The van der Waals surface area contributed by atoms with E-state index in [0.717, 1.165) is 17.0 Å². The zero-order valence-electron chi connectivity index (χ0n) is 15.5. The van der Waals surface area contributed by atoms with Crippen molar-refractivity contribution >= 4 is 35.1 Å². The van der Waals surface area contributed by atoms with Crippen molar-refractivity contribution < 1.29 is 18.3 Å². The molecule has 2 aromatic rings. The molecule has 0 saturated heterocycles. The SMILES string of the molecule is CC(C)(C)c1cc(C2NC(c3ccc(NSC(F)(F)F)c(O)c3)=CS2)ccn1. The molecule has 4 nitrogen and oxygen atoms in total. The minimum Gasteiger partial charge on any atom is -0.506 e. The van der Waals surface area contributed by atoms with Crippen molar-refractivity contribution in [2.75, 3.05) is 4.72 Å². The Morgan fingerprint density at radius 3 is 2.57 bits per heavy atom. The summed E-state index contributed by atoms with van der Waals surface area (Å²) >= 11 is 1.18. The number of aromatic hydroxyl groups is 1. The van der Waals surface area contributed by atoms with Gasteiger partial charge in [0.25, 0.3) is 0 Å². The Hall–Kier alpha value is -2.00. The fraction of sp³-hybridized carbons (Fsp3) is 0.316. The number of alkyl halides is 3. The maximum absolute atomic E-state index is 12.3. The van der Waals surface area contributed by atoms with Gasteiger partial charge in [0.15, 0.2) is 0 Å². The van der Waals surface area contributed by atoms with Crippen molar-refractivity contribution in [2.45, 2.75) is 37.1 Å². The molecule has 0 fully saturated rings. The van der Waals surface area contributed by atoms with Crippen LogP contribution >= 0.6 is 23.7 Å². The number of pyridine rings is 1. The monoisotopic (exact) mass is 427 g/mol. The fourth-order valence-electron chi connectivity index (χ4n) is 2.58. The number of anilines is 1. The van der Waals surface area contributed by atoms with Crippen LogP contribution in [0.5, 0.6) is 5.75 Å². The summed E-state index contributed by atoms with van der Waals surface area (Å²) in [4.78, 5) is 4.44. The van der Waals surface area contributed by atoms with Crippen LogP contribution in [-0.2, 0) is 5.41 Å². The second-order valence-electron chi connectivity index (χ2n) is 7.30. The van der Waals surface area contributed by atoms with Crippen molar-refractivity contribution in [3.63, 3.8) is 0 Å². The van der Waals surface area contributed by atoms with Crippen molar-refractivity contribution in [3.8, 4) is 5.75 Å². The van der Waals surface area contributed by atoms with Gasteiger partial charge < -0.3 is 15.1 Å². The molecule has 2 heterocycles. The summed E-state index contributed by atoms with van der Waals surface area (Å²) < 4.78 is 39.0. The highest BCUT2D eigenvalue weighted by Gasteiger charge is 2.29. The Bertz CT molecular complexity index is 895. The first kappa shape index (κ1) is 20.7. The van der Waals surface area contributed by atoms with Gasteiger partial charge in [0.1, 0.15) is 11.1 Å². The molecule has 0 saturated carbocycles. The first-order chi connectivity index (χ1) is 13.0. The lowest BCUT2D eigenvalue weighted by Gasteiger charge is -2.20. The predicted octanol–water partition coefficient (Wildman–Crippen LogP) is 6.00. The molecule has 1 unspecified atom stereocenters. The number of nitrogens with zero attached hydrogens (tertiary/aromatic N) is 1. The number of phenols is 1. The van der Waals surface area contributed by atoms with Gasteiger partial charge in [-0.2, -0.15) is 13.2 Å². The van der Waals surface area contributed by atoms with Crippen LogP contribution in [0.3, 0.4) is 0 Å². The Morgan fingerprint density at radius 1 is 1.18 bits per heavy atom. The lowest BCUT2D eigenvalue weighted by Crippen LogP contribution is -2.16. The molecule has 1 aromatic carbocycles. The van der Waals surface area contributed by atoms with E-state index in [1.165, 1.54) is 12.1 Å². The van der Waals surface area contributed by atoms with Gasteiger partial charge in [-0.25, -0.2) is 0 Å². The normalized spacial score (nSPS) is 17.2. The Kier molecular flexibility index (Phi) is 5.77. The van der Waals surface area contributed by atoms with E-state index in [1.807, 2.05) is 11.5 Å². The van der Waals surface area contributed by atoms with Crippen LogP contribution < -0.4 is 10.0 Å². The van der Waals surface area contributed by atoms with E-state index >= 15 is 0 Å². The van der Waals surface area contributed by atoms with E-state index in [0.29, 0.717) is 5.56 Å². The predicted molar refractivity (Wildman–Crippen MR) is 110 cm³/mol. The van der Waals surface area contributed by atoms with Gasteiger partial charge in [0, 0.05) is 28.6 Å². The average molecular weight is 428 g/mol. The summed E-state index contributed by atoms with van der Waals surface area (Å²) in [6.45, 7) is 6.31. The maximum atomic E-state index is 12.3. The zero-order chi connectivity index (χ0) is 20.5. The van der Waals surface area contributed by atoms with E-state index in [1.54, 1.807) is 24.0 Å². The van der Waals surface area contributed by atoms with Crippen LogP contribution in [0.1, 0.15) is 43.0 Å². The first-order valence-electron chi connectivity index (χ1n) is 8.46. The Labute approximate surface area is 170 Å². The van der Waals surface area contributed by atoms with E-state index in [9.17, 15) is 18.3 Å². The lowest BCUT2D eigenvalue weighted by atomic mass is 9.91. The van der Waals surface area contributed by atoms with Crippen LogP contribution in [0.15, 0.2) is 41.9 Å². The van der Waals surface area contributed by atoms with Crippen molar-refractivity contribution in [1.82, 2.24) is 10.3 Å². The van der Waals surface area contributed by atoms with Crippen LogP contribution in [-0.4, -0.2) is 15.6 Å². The quantitative estimate of drug-likeness (QED) is 0.411. The van der Waals surface area contributed by atoms with Gasteiger partial charge in [-0.15, -0.1) is 11.8 Å². The summed E-state index contributed by atoms with van der Waals surface area (Å²) in [6, 6.07) is 8.55. The maximum Gasteiger partial charge on any atom is 0.461 e. The number of thioether (sulfide) groups is 1. The molecule has 0 aliphatic carbocycles. The number of hydrogen-bond donors (Lipinski definition) is 3. The molecule has 3 N–H and O–H groups in total. The number of aromatic nitrogens is 1. The average Bonchev–Trinajstić information content (AvgIpc) is 3.09. The molecule has 1 aliphatic heterocycles. The molecule has 28 heavy (non-hydrogen) atoms. The summed E-state index contributed by atoms with van der Waals surface area (Å²) in [7, 11) is 0. The van der Waals surface area contributed by atoms with E-state index in [-0.39, 0.29) is 22.2 Å². The molecule has 0 amide bonds. The van der Waals surface area contributed by atoms with E-state index in [4.69, 9.17) is 0 Å². The standard InChI is InChI=1S/C19H20F3N3OS2/c1-18(2,3)16-9-12(6-7-23-16)17-24-14(10-27-17)11-4-5-13(15(26)8-11)25-28-19(20,21)22/h4-10,17,24-26H,1-3H3. The molecular formula is C19H20F3N3OS2. The first-order valence-corrected chi connectivity index (χ1v) is 10.2. The number of halogens is 3.